The first-order valence-corrected chi connectivity index (χ1v) is 9.74. The van der Waals surface area contributed by atoms with Crippen molar-refractivity contribution < 1.29 is 4.79 Å². The maximum Gasteiger partial charge on any atom is 0.266 e. The van der Waals surface area contributed by atoms with Crippen molar-refractivity contribution in [3.63, 3.8) is 0 Å². The number of hydrogen-bond donors (Lipinski definition) is 1. The van der Waals surface area contributed by atoms with E-state index in [9.17, 15) is 4.79 Å². The molecule has 0 spiro atoms. The van der Waals surface area contributed by atoms with E-state index >= 15 is 0 Å². The van der Waals surface area contributed by atoms with Crippen LogP contribution in [0, 0.1) is 0 Å². The van der Waals surface area contributed by atoms with Crippen LogP contribution in [0.3, 0.4) is 0 Å². The third-order valence-electron chi connectivity index (χ3n) is 3.59. The fourth-order valence-corrected chi connectivity index (χ4v) is 5.00. The van der Waals surface area contributed by atoms with Gasteiger partial charge in [-0.1, -0.05) is 28.9 Å². The van der Waals surface area contributed by atoms with Crippen LogP contribution >= 0.6 is 39.0 Å². The molecule has 1 aromatic carbocycles. The summed E-state index contributed by atoms with van der Waals surface area (Å²) in [4.78, 5) is 15.2. The molecule has 1 unspecified atom stereocenters. The van der Waals surface area contributed by atoms with E-state index < -0.39 is 0 Å². The molecule has 1 heterocycles. The van der Waals surface area contributed by atoms with Gasteiger partial charge in [0.1, 0.15) is 4.88 Å². The molecule has 6 heteroatoms. The first kappa shape index (κ1) is 16.6. The monoisotopic (exact) mass is 386 g/mol. The van der Waals surface area contributed by atoms with Gasteiger partial charge in [0.2, 0.25) is 0 Å². The zero-order valence-electron chi connectivity index (χ0n) is 12.4. The average molecular weight is 387 g/mol. The molecule has 0 radical (unpaired) electrons. The predicted octanol–water partition coefficient (Wildman–Crippen LogP) is 4.46. The van der Waals surface area contributed by atoms with Crippen molar-refractivity contribution in [3.8, 4) is 0 Å². The first-order chi connectivity index (χ1) is 10.0. The Morgan fingerprint density at radius 1 is 1.52 bits per heavy atom. The number of rotatable bonds is 5. The normalized spacial score (nSPS) is 12.6. The fourth-order valence-electron chi connectivity index (χ4n) is 2.31. The number of amides is 1. The molecule has 0 aliphatic carbocycles. The lowest BCUT2D eigenvalue weighted by molar-refractivity contribution is 0.0749. The summed E-state index contributed by atoms with van der Waals surface area (Å²) in [5.41, 5.74) is 6.80. The lowest BCUT2D eigenvalue weighted by Gasteiger charge is -2.26. The summed E-state index contributed by atoms with van der Waals surface area (Å²) in [5.74, 6) is 0.953. The quantitative estimate of drug-likeness (QED) is 0.824. The van der Waals surface area contributed by atoms with Gasteiger partial charge in [0.25, 0.3) is 5.91 Å². The summed E-state index contributed by atoms with van der Waals surface area (Å²) < 4.78 is 1.98. The van der Waals surface area contributed by atoms with Crippen LogP contribution in [0.2, 0.25) is 0 Å². The van der Waals surface area contributed by atoms with E-state index in [-0.39, 0.29) is 11.9 Å². The van der Waals surface area contributed by atoms with Crippen LogP contribution in [0.1, 0.15) is 23.0 Å². The van der Waals surface area contributed by atoms with Crippen molar-refractivity contribution >= 4 is 60.7 Å². The van der Waals surface area contributed by atoms with Gasteiger partial charge in [-0.2, -0.15) is 11.8 Å². The number of thioether (sulfide) groups is 1. The van der Waals surface area contributed by atoms with Gasteiger partial charge in [0.05, 0.1) is 5.69 Å². The molecule has 2 aromatic rings. The maximum atomic E-state index is 12.8. The Labute approximate surface area is 142 Å². The van der Waals surface area contributed by atoms with Crippen LogP contribution in [0.15, 0.2) is 22.7 Å². The second-order valence-corrected chi connectivity index (χ2v) is 7.71. The van der Waals surface area contributed by atoms with Gasteiger partial charge in [0, 0.05) is 33.4 Å². The van der Waals surface area contributed by atoms with E-state index in [2.05, 4.69) is 29.1 Å². The van der Waals surface area contributed by atoms with Crippen molar-refractivity contribution in [2.45, 2.75) is 19.4 Å². The number of carbonyl (C=O) groups excluding carboxylic acids is 1. The van der Waals surface area contributed by atoms with Crippen molar-refractivity contribution in [1.82, 2.24) is 4.90 Å². The van der Waals surface area contributed by atoms with Gasteiger partial charge < -0.3 is 10.6 Å². The van der Waals surface area contributed by atoms with Crippen LogP contribution in [0.25, 0.3) is 10.1 Å². The molecule has 1 aromatic heterocycles. The maximum absolute atomic E-state index is 12.8. The average Bonchev–Trinajstić information content (AvgIpc) is 2.81. The van der Waals surface area contributed by atoms with Crippen LogP contribution < -0.4 is 5.73 Å². The fraction of sp³-hybridized carbons (Fsp3) is 0.400. The van der Waals surface area contributed by atoms with Crippen LogP contribution in [0.5, 0.6) is 0 Å². The van der Waals surface area contributed by atoms with Crippen molar-refractivity contribution in [2.75, 3.05) is 24.8 Å². The Morgan fingerprint density at radius 3 is 2.81 bits per heavy atom. The number of thiophene rings is 1. The molecule has 1 atom stereocenters. The molecule has 0 fully saturated rings. The summed E-state index contributed by atoms with van der Waals surface area (Å²) >= 11 is 6.74. The molecule has 0 aliphatic heterocycles. The number of nitrogens with two attached hydrogens (primary N) is 1. The molecule has 114 valence electrons. The standard InChI is InChI=1S/C15H19BrN2OS2/c1-4-9(8-20-3)18(2)15(19)14-13(17)12-10(16)6-5-7-11(12)21-14/h5-7,9H,4,8,17H2,1-3H3. The van der Waals surface area contributed by atoms with E-state index in [1.807, 2.05) is 30.1 Å². The minimum absolute atomic E-state index is 0.0153. The summed E-state index contributed by atoms with van der Waals surface area (Å²) in [6.45, 7) is 2.11. The molecular formula is C15H19BrN2OS2. The summed E-state index contributed by atoms with van der Waals surface area (Å²) in [7, 11) is 1.87. The van der Waals surface area contributed by atoms with Crippen LogP contribution in [0.4, 0.5) is 5.69 Å². The molecule has 0 bridgehead atoms. The van der Waals surface area contributed by atoms with Crippen molar-refractivity contribution in [3.05, 3.63) is 27.5 Å². The first-order valence-electron chi connectivity index (χ1n) is 6.73. The molecule has 0 aliphatic rings. The highest BCUT2D eigenvalue weighted by Gasteiger charge is 2.24. The van der Waals surface area contributed by atoms with E-state index in [0.717, 1.165) is 26.7 Å². The highest BCUT2D eigenvalue weighted by Crippen LogP contribution is 2.38. The smallest absolute Gasteiger partial charge is 0.266 e. The Morgan fingerprint density at radius 2 is 2.24 bits per heavy atom. The van der Waals surface area contributed by atoms with E-state index in [0.29, 0.717) is 10.6 Å². The molecule has 2 N–H and O–H groups in total. The van der Waals surface area contributed by atoms with Gasteiger partial charge in [-0.25, -0.2) is 0 Å². The molecule has 0 saturated carbocycles. The number of nitrogens with zero attached hydrogens (tertiary/aromatic N) is 1. The van der Waals surface area contributed by atoms with Gasteiger partial charge in [-0.05, 0) is 24.8 Å². The molecule has 1 amide bonds. The Kier molecular flexibility index (Phi) is 5.57. The predicted molar refractivity (Wildman–Crippen MR) is 98.5 cm³/mol. The van der Waals surface area contributed by atoms with E-state index in [1.54, 1.807) is 11.8 Å². The number of halogens is 1. The van der Waals surface area contributed by atoms with Gasteiger partial charge in [0.15, 0.2) is 0 Å². The van der Waals surface area contributed by atoms with Gasteiger partial charge >= 0.3 is 0 Å². The molecule has 21 heavy (non-hydrogen) atoms. The third kappa shape index (κ3) is 3.22. The number of nitrogen functional groups attached to an aromatic ring is 1. The van der Waals surface area contributed by atoms with Gasteiger partial charge in [-0.3, -0.25) is 4.79 Å². The Bertz CT molecular complexity index is 656. The summed E-state index contributed by atoms with van der Waals surface area (Å²) in [5, 5.41) is 0.942. The number of carbonyl (C=O) groups is 1. The Balaban J connectivity index is 2.39. The van der Waals surface area contributed by atoms with Gasteiger partial charge in [-0.15, -0.1) is 11.3 Å². The lowest BCUT2D eigenvalue weighted by atomic mass is 10.2. The number of anilines is 1. The highest BCUT2D eigenvalue weighted by atomic mass is 79.9. The minimum atomic E-state index is 0.0153. The molecule has 2 rings (SSSR count). The molecule has 0 saturated heterocycles. The Hall–Kier alpha value is -0.720. The number of hydrogen-bond acceptors (Lipinski definition) is 4. The van der Waals surface area contributed by atoms with Crippen LogP contribution in [-0.4, -0.2) is 35.9 Å². The largest absolute Gasteiger partial charge is 0.397 e. The number of fused-ring (bicyclic) bond motifs is 1. The molecule has 3 nitrogen and oxygen atoms in total. The molecular weight excluding hydrogens is 368 g/mol. The second-order valence-electron chi connectivity index (χ2n) is 4.89. The zero-order chi connectivity index (χ0) is 15.6. The summed E-state index contributed by atoms with van der Waals surface area (Å²) in [6.07, 6.45) is 3.00. The second kappa shape index (κ2) is 7.03. The number of benzene rings is 1. The van der Waals surface area contributed by atoms with E-state index in [4.69, 9.17) is 5.73 Å². The zero-order valence-corrected chi connectivity index (χ0v) is 15.6. The topological polar surface area (TPSA) is 46.3 Å². The third-order valence-corrected chi connectivity index (χ3v) is 6.13. The lowest BCUT2D eigenvalue weighted by Crippen LogP contribution is -2.38. The minimum Gasteiger partial charge on any atom is -0.397 e. The van der Waals surface area contributed by atoms with Crippen LogP contribution in [-0.2, 0) is 0 Å². The van der Waals surface area contributed by atoms with Crippen molar-refractivity contribution in [1.29, 1.82) is 0 Å². The van der Waals surface area contributed by atoms with E-state index in [1.165, 1.54) is 11.3 Å². The SMILES string of the molecule is CCC(CSC)N(C)C(=O)c1sc2cccc(Br)c2c1N. The highest BCUT2D eigenvalue weighted by molar-refractivity contribution is 9.10. The summed E-state index contributed by atoms with van der Waals surface area (Å²) in [6, 6.07) is 6.15. The van der Waals surface area contributed by atoms with Crippen molar-refractivity contribution in [2.24, 2.45) is 0 Å².